The van der Waals surface area contributed by atoms with Crippen molar-refractivity contribution in [1.29, 1.82) is 0 Å². The van der Waals surface area contributed by atoms with Crippen molar-refractivity contribution in [2.75, 3.05) is 6.61 Å². The van der Waals surface area contributed by atoms with Crippen LogP contribution in [-0.4, -0.2) is 37.4 Å². The molecule has 3 rings (SSSR count). The van der Waals surface area contributed by atoms with Gasteiger partial charge in [0, 0.05) is 7.05 Å². The van der Waals surface area contributed by atoms with Crippen LogP contribution >= 0.6 is 0 Å². The van der Waals surface area contributed by atoms with E-state index < -0.39 is 11.5 Å². The zero-order chi connectivity index (χ0) is 17.3. The minimum atomic E-state index is -1.19. The molecule has 0 amide bonds. The zero-order valence-electron chi connectivity index (χ0n) is 13.2. The number of aryl methyl sites for hydroxylation is 1. The molecule has 1 aromatic carbocycles. The predicted octanol–water partition coefficient (Wildman–Crippen LogP) is 1.81. The number of carboxylic acid groups (broad SMARTS) is 1. The Kier molecular flexibility index (Phi) is 4.03. The number of carbonyl (C=O) groups is 1. The topological polar surface area (TPSA) is 110 Å². The first kappa shape index (κ1) is 15.7. The molecule has 0 saturated carbocycles. The standard InChI is InChI=1S/C16H16N4O4/c1-3-8-24-10-7-5-4-6-9(10)14-17-11-12(15(21)18-14)19-20(2)13(11)16(22)23/h4-7H,3,8H2,1-2H3,(H,22,23)(H,17,18,21). The number of nitrogens with one attached hydrogen (secondary N) is 1. The average molecular weight is 328 g/mol. The number of hydrogen-bond acceptors (Lipinski definition) is 5. The van der Waals surface area contributed by atoms with Crippen LogP contribution in [0.25, 0.3) is 22.4 Å². The van der Waals surface area contributed by atoms with Gasteiger partial charge in [-0.3, -0.25) is 9.48 Å². The van der Waals surface area contributed by atoms with Gasteiger partial charge < -0.3 is 14.8 Å². The third-order valence-corrected chi connectivity index (χ3v) is 3.50. The highest BCUT2D eigenvalue weighted by Crippen LogP contribution is 2.27. The van der Waals surface area contributed by atoms with Crippen molar-refractivity contribution in [3.8, 4) is 17.1 Å². The lowest BCUT2D eigenvalue weighted by molar-refractivity contribution is 0.0687. The molecule has 0 bridgehead atoms. The number of rotatable bonds is 5. The van der Waals surface area contributed by atoms with Gasteiger partial charge in [-0.1, -0.05) is 19.1 Å². The summed E-state index contributed by atoms with van der Waals surface area (Å²) in [5.74, 6) is -0.378. The molecule has 0 radical (unpaired) electrons. The summed E-state index contributed by atoms with van der Waals surface area (Å²) in [6, 6.07) is 7.14. The van der Waals surface area contributed by atoms with E-state index in [-0.39, 0.29) is 22.6 Å². The number of fused-ring (bicyclic) bond motifs is 1. The Morgan fingerprint density at radius 2 is 2.08 bits per heavy atom. The second-order valence-electron chi connectivity index (χ2n) is 5.23. The molecule has 0 spiro atoms. The number of nitrogens with zero attached hydrogens (tertiary/aromatic N) is 3. The van der Waals surface area contributed by atoms with Gasteiger partial charge >= 0.3 is 5.97 Å². The van der Waals surface area contributed by atoms with Gasteiger partial charge in [-0.2, -0.15) is 5.10 Å². The number of H-pyrrole nitrogens is 1. The second-order valence-corrected chi connectivity index (χ2v) is 5.23. The molecule has 2 aromatic heterocycles. The van der Waals surface area contributed by atoms with Crippen LogP contribution in [0.3, 0.4) is 0 Å². The van der Waals surface area contributed by atoms with Gasteiger partial charge in [0.1, 0.15) is 17.1 Å². The molecular weight excluding hydrogens is 312 g/mol. The molecule has 0 unspecified atom stereocenters. The molecule has 8 heteroatoms. The monoisotopic (exact) mass is 328 g/mol. The predicted molar refractivity (Wildman–Crippen MR) is 87.3 cm³/mol. The Labute approximate surface area is 136 Å². The summed E-state index contributed by atoms with van der Waals surface area (Å²) in [6.45, 7) is 2.51. The summed E-state index contributed by atoms with van der Waals surface area (Å²) in [7, 11) is 1.46. The molecule has 2 heterocycles. The lowest BCUT2D eigenvalue weighted by Gasteiger charge is -2.10. The minimum absolute atomic E-state index is 0.00870. The lowest BCUT2D eigenvalue weighted by atomic mass is 10.2. The van der Waals surface area contributed by atoms with E-state index in [9.17, 15) is 14.7 Å². The van der Waals surface area contributed by atoms with E-state index in [0.717, 1.165) is 11.1 Å². The van der Waals surface area contributed by atoms with Crippen LogP contribution in [0.1, 0.15) is 23.8 Å². The highest BCUT2D eigenvalue weighted by molar-refractivity contribution is 5.99. The van der Waals surface area contributed by atoms with Crippen molar-refractivity contribution < 1.29 is 14.6 Å². The molecule has 0 aliphatic carbocycles. The quantitative estimate of drug-likeness (QED) is 0.739. The smallest absolute Gasteiger partial charge is 0.356 e. The van der Waals surface area contributed by atoms with Crippen LogP contribution in [0.5, 0.6) is 5.75 Å². The SMILES string of the molecule is CCCOc1ccccc1-c1nc2c(C(=O)O)n(C)nc2c(=O)[nH]1. The Morgan fingerprint density at radius 1 is 1.33 bits per heavy atom. The van der Waals surface area contributed by atoms with Crippen molar-refractivity contribution in [2.24, 2.45) is 7.05 Å². The summed E-state index contributed by atoms with van der Waals surface area (Å²) in [5.41, 5.74) is -0.00232. The second kappa shape index (κ2) is 6.15. The molecule has 0 fully saturated rings. The Bertz CT molecular complexity index is 974. The normalized spacial score (nSPS) is 10.9. The number of hydrogen-bond donors (Lipinski definition) is 2. The van der Waals surface area contributed by atoms with Gasteiger partial charge in [0.2, 0.25) is 0 Å². The molecule has 8 nitrogen and oxygen atoms in total. The Balaban J connectivity index is 2.23. The van der Waals surface area contributed by atoms with Crippen molar-refractivity contribution in [2.45, 2.75) is 13.3 Å². The largest absolute Gasteiger partial charge is 0.493 e. The van der Waals surface area contributed by atoms with Crippen LogP contribution in [0.15, 0.2) is 29.1 Å². The fourth-order valence-corrected chi connectivity index (χ4v) is 2.45. The first-order chi connectivity index (χ1) is 11.5. The molecule has 24 heavy (non-hydrogen) atoms. The lowest BCUT2D eigenvalue weighted by Crippen LogP contribution is -2.11. The maximum absolute atomic E-state index is 12.3. The van der Waals surface area contributed by atoms with Gasteiger partial charge in [0.15, 0.2) is 11.2 Å². The number of benzene rings is 1. The van der Waals surface area contributed by atoms with Gasteiger partial charge in [0.05, 0.1) is 12.2 Å². The van der Waals surface area contributed by atoms with E-state index in [1.165, 1.54) is 7.05 Å². The first-order valence-corrected chi connectivity index (χ1v) is 7.45. The molecule has 0 aliphatic rings. The fraction of sp³-hybridized carbons (Fsp3) is 0.250. The van der Waals surface area contributed by atoms with Crippen molar-refractivity contribution in [3.63, 3.8) is 0 Å². The highest BCUT2D eigenvalue weighted by atomic mass is 16.5. The number of para-hydroxylation sites is 1. The third-order valence-electron chi connectivity index (χ3n) is 3.50. The van der Waals surface area contributed by atoms with Crippen LogP contribution in [0.2, 0.25) is 0 Å². The minimum Gasteiger partial charge on any atom is -0.493 e. The summed E-state index contributed by atoms with van der Waals surface area (Å²) >= 11 is 0. The van der Waals surface area contributed by atoms with Crippen LogP contribution < -0.4 is 10.3 Å². The highest BCUT2D eigenvalue weighted by Gasteiger charge is 2.21. The van der Waals surface area contributed by atoms with Gasteiger partial charge in [-0.25, -0.2) is 9.78 Å². The Hall–Kier alpha value is -3.16. The van der Waals surface area contributed by atoms with Gasteiger partial charge in [-0.15, -0.1) is 0 Å². The summed E-state index contributed by atoms with van der Waals surface area (Å²) in [6.07, 6.45) is 0.836. The van der Waals surface area contributed by atoms with Crippen molar-refractivity contribution >= 4 is 17.0 Å². The fourth-order valence-electron chi connectivity index (χ4n) is 2.45. The summed E-state index contributed by atoms with van der Waals surface area (Å²) in [4.78, 5) is 30.7. The van der Waals surface area contributed by atoms with Gasteiger partial charge in [-0.05, 0) is 18.6 Å². The third kappa shape index (κ3) is 2.62. The van der Waals surface area contributed by atoms with Gasteiger partial charge in [0.25, 0.3) is 5.56 Å². The number of aromatic carboxylic acids is 1. The molecular formula is C16H16N4O4. The Morgan fingerprint density at radius 3 is 2.79 bits per heavy atom. The zero-order valence-corrected chi connectivity index (χ0v) is 13.2. The summed E-state index contributed by atoms with van der Waals surface area (Å²) in [5, 5.41) is 13.3. The van der Waals surface area contributed by atoms with Crippen molar-refractivity contribution in [1.82, 2.24) is 19.7 Å². The van der Waals surface area contributed by atoms with E-state index in [1.54, 1.807) is 18.2 Å². The number of carboxylic acids is 1. The van der Waals surface area contributed by atoms with E-state index in [0.29, 0.717) is 17.9 Å². The molecule has 2 N–H and O–H groups in total. The van der Waals surface area contributed by atoms with E-state index in [1.807, 2.05) is 13.0 Å². The molecule has 0 atom stereocenters. The molecule has 3 aromatic rings. The molecule has 0 saturated heterocycles. The van der Waals surface area contributed by atoms with E-state index in [4.69, 9.17) is 4.74 Å². The molecule has 124 valence electrons. The van der Waals surface area contributed by atoms with Crippen LogP contribution in [0, 0.1) is 0 Å². The maximum Gasteiger partial charge on any atom is 0.356 e. The van der Waals surface area contributed by atoms with Crippen LogP contribution in [0.4, 0.5) is 0 Å². The first-order valence-electron chi connectivity index (χ1n) is 7.45. The average Bonchev–Trinajstić information content (AvgIpc) is 2.90. The number of ether oxygens (including phenoxy) is 1. The number of aromatic nitrogens is 4. The van der Waals surface area contributed by atoms with Crippen molar-refractivity contribution in [3.05, 3.63) is 40.3 Å². The summed E-state index contributed by atoms with van der Waals surface area (Å²) < 4.78 is 6.81. The maximum atomic E-state index is 12.3. The van der Waals surface area contributed by atoms with Crippen LogP contribution in [-0.2, 0) is 7.05 Å². The van der Waals surface area contributed by atoms with E-state index in [2.05, 4.69) is 15.1 Å². The number of aromatic amines is 1. The molecule has 0 aliphatic heterocycles. The van der Waals surface area contributed by atoms with E-state index >= 15 is 0 Å².